The minimum atomic E-state index is -0.391. The van der Waals surface area contributed by atoms with Crippen LogP contribution >= 0.6 is 0 Å². The molecule has 0 bridgehead atoms. The van der Waals surface area contributed by atoms with Crippen molar-refractivity contribution >= 4 is 17.8 Å². The van der Waals surface area contributed by atoms with Gasteiger partial charge in [-0.1, -0.05) is 50.3 Å². The standard InChI is InChI=1S/C17H17NO2/c1-13(2)16-9-5-14(6-10-16)3-4-15-7-11-17(12-8-15)18(19)20/h3-13H,1-2H3/b4-3+. The summed E-state index contributed by atoms with van der Waals surface area (Å²) in [5, 5.41) is 10.6. The van der Waals surface area contributed by atoms with Crippen molar-refractivity contribution in [3.8, 4) is 0 Å². The number of hydrogen-bond donors (Lipinski definition) is 0. The first-order chi connectivity index (χ1) is 9.56. The van der Waals surface area contributed by atoms with Gasteiger partial charge in [0.1, 0.15) is 0 Å². The van der Waals surface area contributed by atoms with Crippen molar-refractivity contribution in [2.24, 2.45) is 0 Å². The summed E-state index contributed by atoms with van der Waals surface area (Å²) in [5.74, 6) is 0.530. The topological polar surface area (TPSA) is 43.1 Å². The molecule has 0 aliphatic carbocycles. The van der Waals surface area contributed by atoms with Crippen molar-refractivity contribution in [1.29, 1.82) is 0 Å². The first-order valence-corrected chi connectivity index (χ1v) is 6.59. The highest BCUT2D eigenvalue weighted by molar-refractivity contribution is 5.70. The van der Waals surface area contributed by atoms with Gasteiger partial charge in [-0.15, -0.1) is 0 Å². The Labute approximate surface area is 118 Å². The Morgan fingerprint density at radius 1 is 0.900 bits per heavy atom. The molecule has 0 saturated heterocycles. The normalized spacial score (nSPS) is 11.2. The zero-order chi connectivity index (χ0) is 14.5. The first-order valence-electron chi connectivity index (χ1n) is 6.59. The highest BCUT2D eigenvalue weighted by Crippen LogP contribution is 2.17. The number of nitrogens with zero attached hydrogens (tertiary/aromatic N) is 1. The number of rotatable bonds is 4. The molecule has 0 radical (unpaired) electrons. The van der Waals surface area contributed by atoms with Gasteiger partial charge in [-0.05, 0) is 34.7 Å². The Hall–Kier alpha value is -2.42. The molecule has 2 rings (SSSR count). The highest BCUT2D eigenvalue weighted by Gasteiger charge is 2.02. The Bertz CT molecular complexity index is 610. The maximum atomic E-state index is 10.6. The van der Waals surface area contributed by atoms with Crippen LogP contribution in [-0.2, 0) is 0 Å². The molecule has 0 N–H and O–H groups in total. The summed E-state index contributed by atoms with van der Waals surface area (Å²) >= 11 is 0. The van der Waals surface area contributed by atoms with Gasteiger partial charge in [0.25, 0.3) is 5.69 Å². The molecule has 0 aliphatic rings. The summed E-state index contributed by atoms with van der Waals surface area (Å²) in [7, 11) is 0. The lowest BCUT2D eigenvalue weighted by atomic mass is 10.0. The van der Waals surface area contributed by atoms with E-state index in [0.717, 1.165) is 11.1 Å². The largest absolute Gasteiger partial charge is 0.269 e. The summed E-state index contributed by atoms with van der Waals surface area (Å²) in [6, 6.07) is 14.9. The predicted molar refractivity (Wildman–Crippen MR) is 82.6 cm³/mol. The lowest BCUT2D eigenvalue weighted by molar-refractivity contribution is -0.384. The quantitative estimate of drug-likeness (QED) is 0.449. The van der Waals surface area contributed by atoms with Gasteiger partial charge in [0.2, 0.25) is 0 Å². The third-order valence-electron chi connectivity index (χ3n) is 3.18. The average Bonchev–Trinajstić information content (AvgIpc) is 2.46. The van der Waals surface area contributed by atoms with E-state index in [1.54, 1.807) is 12.1 Å². The van der Waals surface area contributed by atoms with Crippen LogP contribution in [0.1, 0.15) is 36.5 Å². The number of hydrogen-bond acceptors (Lipinski definition) is 2. The molecule has 102 valence electrons. The minimum Gasteiger partial charge on any atom is -0.258 e. The van der Waals surface area contributed by atoms with Crippen LogP contribution in [0.2, 0.25) is 0 Å². The molecule has 0 spiro atoms. The summed E-state index contributed by atoms with van der Waals surface area (Å²) in [6.45, 7) is 4.34. The van der Waals surface area contributed by atoms with Crippen LogP contribution in [0.4, 0.5) is 5.69 Å². The zero-order valence-electron chi connectivity index (χ0n) is 11.6. The van der Waals surface area contributed by atoms with Gasteiger partial charge in [0.15, 0.2) is 0 Å². The molecule has 0 fully saturated rings. The van der Waals surface area contributed by atoms with E-state index in [9.17, 15) is 10.1 Å². The number of nitro groups is 1. The Morgan fingerprint density at radius 3 is 1.75 bits per heavy atom. The van der Waals surface area contributed by atoms with Crippen LogP contribution in [0.25, 0.3) is 12.2 Å². The second-order valence-electron chi connectivity index (χ2n) is 5.00. The molecule has 0 heterocycles. The SMILES string of the molecule is CC(C)c1ccc(/C=C/c2ccc([N+](=O)[O-])cc2)cc1. The molecule has 0 aliphatic heterocycles. The molecule has 0 atom stereocenters. The molecule has 0 amide bonds. The van der Waals surface area contributed by atoms with Gasteiger partial charge in [-0.3, -0.25) is 10.1 Å². The Balaban J connectivity index is 2.10. The molecule has 20 heavy (non-hydrogen) atoms. The lowest BCUT2D eigenvalue weighted by Gasteiger charge is -2.04. The molecule has 2 aromatic carbocycles. The van der Waals surface area contributed by atoms with Crippen LogP contribution in [0.15, 0.2) is 48.5 Å². The summed E-state index contributed by atoms with van der Waals surface area (Å²) in [5.41, 5.74) is 3.50. The number of non-ortho nitro benzene ring substituents is 1. The van der Waals surface area contributed by atoms with Gasteiger partial charge in [-0.2, -0.15) is 0 Å². The Morgan fingerprint density at radius 2 is 1.35 bits per heavy atom. The van der Waals surface area contributed by atoms with Crippen LogP contribution in [0.3, 0.4) is 0 Å². The second-order valence-corrected chi connectivity index (χ2v) is 5.00. The predicted octanol–water partition coefficient (Wildman–Crippen LogP) is 4.89. The van der Waals surface area contributed by atoms with E-state index < -0.39 is 4.92 Å². The van der Waals surface area contributed by atoms with Crippen molar-refractivity contribution in [2.75, 3.05) is 0 Å². The van der Waals surface area contributed by atoms with E-state index in [4.69, 9.17) is 0 Å². The van der Waals surface area contributed by atoms with Gasteiger partial charge < -0.3 is 0 Å². The molecule has 0 unspecified atom stereocenters. The van der Waals surface area contributed by atoms with E-state index in [0.29, 0.717) is 5.92 Å². The van der Waals surface area contributed by atoms with Crippen LogP contribution < -0.4 is 0 Å². The summed E-state index contributed by atoms with van der Waals surface area (Å²) in [4.78, 5) is 10.2. The fourth-order valence-electron chi connectivity index (χ4n) is 1.89. The molecular formula is C17H17NO2. The molecule has 0 aromatic heterocycles. The number of nitro benzene ring substituents is 1. The van der Waals surface area contributed by atoms with Crippen molar-refractivity contribution in [3.63, 3.8) is 0 Å². The summed E-state index contributed by atoms with van der Waals surface area (Å²) < 4.78 is 0. The molecule has 2 aromatic rings. The minimum absolute atomic E-state index is 0.114. The van der Waals surface area contributed by atoms with Crippen LogP contribution in [-0.4, -0.2) is 4.92 Å². The van der Waals surface area contributed by atoms with Gasteiger partial charge in [0.05, 0.1) is 4.92 Å². The zero-order valence-corrected chi connectivity index (χ0v) is 11.6. The lowest BCUT2D eigenvalue weighted by Crippen LogP contribution is -1.87. The van der Waals surface area contributed by atoms with Gasteiger partial charge in [-0.25, -0.2) is 0 Å². The molecular weight excluding hydrogens is 250 g/mol. The van der Waals surface area contributed by atoms with E-state index in [1.165, 1.54) is 17.7 Å². The fourth-order valence-corrected chi connectivity index (χ4v) is 1.89. The molecule has 0 saturated carbocycles. The third-order valence-corrected chi connectivity index (χ3v) is 3.18. The van der Waals surface area contributed by atoms with Crippen molar-refractivity contribution < 1.29 is 4.92 Å². The number of benzene rings is 2. The second kappa shape index (κ2) is 6.15. The Kier molecular flexibility index (Phi) is 4.31. The van der Waals surface area contributed by atoms with Crippen molar-refractivity contribution in [1.82, 2.24) is 0 Å². The third kappa shape index (κ3) is 3.54. The smallest absolute Gasteiger partial charge is 0.258 e. The van der Waals surface area contributed by atoms with Crippen LogP contribution in [0.5, 0.6) is 0 Å². The average molecular weight is 267 g/mol. The van der Waals surface area contributed by atoms with E-state index in [-0.39, 0.29) is 5.69 Å². The monoisotopic (exact) mass is 267 g/mol. The van der Waals surface area contributed by atoms with Crippen molar-refractivity contribution in [2.45, 2.75) is 19.8 Å². The van der Waals surface area contributed by atoms with Crippen molar-refractivity contribution in [3.05, 3.63) is 75.3 Å². The maximum absolute atomic E-state index is 10.6. The van der Waals surface area contributed by atoms with Gasteiger partial charge >= 0.3 is 0 Å². The fraction of sp³-hybridized carbons (Fsp3) is 0.176. The van der Waals surface area contributed by atoms with E-state index >= 15 is 0 Å². The highest BCUT2D eigenvalue weighted by atomic mass is 16.6. The molecule has 3 heteroatoms. The summed E-state index contributed by atoms with van der Waals surface area (Å²) in [6.07, 6.45) is 3.96. The van der Waals surface area contributed by atoms with Gasteiger partial charge in [0, 0.05) is 12.1 Å². The first kappa shape index (κ1) is 14.0. The van der Waals surface area contributed by atoms with E-state index in [2.05, 4.69) is 38.1 Å². The molecule has 3 nitrogen and oxygen atoms in total. The maximum Gasteiger partial charge on any atom is 0.269 e. The van der Waals surface area contributed by atoms with E-state index in [1.807, 2.05) is 12.2 Å². The van der Waals surface area contributed by atoms with Crippen LogP contribution in [0, 0.1) is 10.1 Å².